The van der Waals surface area contributed by atoms with E-state index in [0.717, 1.165) is 17.0 Å². The number of hydrogen-bond acceptors (Lipinski definition) is 4. The zero-order valence-corrected chi connectivity index (χ0v) is 19.8. The van der Waals surface area contributed by atoms with Crippen LogP contribution in [0.4, 0.5) is 11.4 Å². The molecule has 0 aliphatic heterocycles. The van der Waals surface area contributed by atoms with E-state index in [4.69, 9.17) is 0 Å². The zero-order valence-electron chi connectivity index (χ0n) is 19.1. The lowest BCUT2D eigenvalue weighted by molar-refractivity contribution is -0.686. The number of nitrogens with zero attached hydrogens (tertiary/aromatic N) is 6. The van der Waals surface area contributed by atoms with Gasteiger partial charge in [-0.2, -0.15) is 0 Å². The van der Waals surface area contributed by atoms with Gasteiger partial charge in [0.2, 0.25) is 0 Å². The molecule has 31 heavy (non-hydrogen) atoms. The fourth-order valence-electron chi connectivity index (χ4n) is 3.08. The molecule has 0 bridgehead atoms. The van der Waals surface area contributed by atoms with Gasteiger partial charge in [0.1, 0.15) is 0 Å². The predicted molar refractivity (Wildman–Crippen MR) is 126 cm³/mol. The van der Waals surface area contributed by atoms with Crippen molar-refractivity contribution in [1.29, 1.82) is 0 Å². The van der Waals surface area contributed by atoms with Crippen LogP contribution in [-0.4, -0.2) is 45.3 Å². The topological polar surface area (TPSA) is 40.0 Å². The second-order valence-corrected chi connectivity index (χ2v) is 7.96. The standard InChI is InChI=1S/C24H31N6.ClH/c1-19(2)24-29(25-17-20-7-11-22(12-8-20)27(3)4)15-16-30(24)26-18-21-9-13-23(14-10-21)28(5)6;/h7-19H,1-6H3;1H/q+1;/p-1/b25-17+,26-18+;. The minimum absolute atomic E-state index is 0. The Labute approximate surface area is 191 Å². The average molecular weight is 439 g/mol. The summed E-state index contributed by atoms with van der Waals surface area (Å²) in [6.45, 7) is 4.29. The Morgan fingerprint density at radius 3 is 1.74 bits per heavy atom. The first kappa shape index (κ1) is 24.2. The summed E-state index contributed by atoms with van der Waals surface area (Å²) in [6.07, 6.45) is 7.62. The van der Waals surface area contributed by atoms with Crippen molar-refractivity contribution in [2.45, 2.75) is 19.8 Å². The first-order valence-corrected chi connectivity index (χ1v) is 10.1. The maximum atomic E-state index is 4.66. The smallest absolute Gasteiger partial charge is 0.310 e. The summed E-state index contributed by atoms with van der Waals surface area (Å²) in [7, 11) is 8.14. The van der Waals surface area contributed by atoms with Crippen molar-refractivity contribution < 1.29 is 17.1 Å². The average Bonchev–Trinajstić information content (AvgIpc) is 3.14. The van der Waals surface area contributed by atoms with E-state index in [2.05, 4.69) is 82.4 Å². The Morgan fingerprint density at radius 1 is 0.806 bits per heavy atom. The van der Waals surface area contributed by atoms with E-state index in [0.29, 0.717) is 0 Å². The molecule has 0 aliphatic rings. The van der Waals surface area contributed by atoms with Crippen LogP contribution in [0.5, 0.6) is 0 Å². The Kier molecular flexibility index (Phi) is 8.39. The normalized spacial score (nSPS) is 11.3. The highest BCUT2D eigenvalue weighted by atomic mass is 35.5. The molecule has 0 amide bonds. The summed E-state index contributed by atoms with van der Waals surface area (Å²) in [5.41, 5.74) is 4.45. The van der Waals surface area contributed by atoms with Gasteiger partial charge >= 0.3 is 5.82 Å². The minimum Gasteiger partial charge on any atom is -1.00 e. The number of anilines is 2. The molecule has 0 spiro atoms. The van der Waals surface area contributed by atoms with Crippen LogP contribution in [0.2, 0.25) is 0 Å². The van der Waals surface area contributed by atoms with Gasteiger partial charge in [-0.15, -0.1) is 9.35 Å². The molecule has 7 heteroatoms. The highest BCUT2D eigenvalue weighted by Gasteiger charge is 2.20. The minimum atomic E-state index is 0. The molecular formula is C24H31ClN6. The summed E-state index contributed by atoms with van der Waals surface area (Å²) >= 11 is 0. The maximum absolute atomic E-state index is 4.66. The lowest BCUT2D eigenvalue weighted by Gasteiger charge is -2.11. The van der Waals surface area contributed by atoms with E-state index in [1.807, 2.05) is 62.4 Å². The third-order valence-electron chi connectivity index (χ3n) is 4.82. The molecule has 0 saturated carbocycles. The number of imidazole rings is 1. The molecule has 0 N–H and O–H groups in total. The van der Waals surface area contributed by atoms with Crippen molar-refractivity contribution >= 4 is 23.8 Å². The largest absolute Gasteiger partial charge is 1.00 e. The molecule has 0 aliphatic carbocycles. The van der Waals surface area contributed by atoms with Crippen LogP contribution in [0.3, 0.4) is 0 Å². The first-order valence-electron chi connectivity index (χ1n) is 10.1. The quantitative estimate of drug-likeness (QED) is 0.404. The molecule has 1 heterocycles. The van der Waals surface area contributed by atoms with Crippen LogP contribution in [0.15, 0.2) is 71.1 Å². The van der Waals surface area contributed by atoms with Crippen LogP contribution < -0.4 is 26.9 Å². The zero-order chi connectivity index (χ0) is 21.7. The summed E-state index contributed by atoms with van der Waals surface area (Å²) in [4.78, 5) is 4.16. The van der Waals surface area contributed by atoms with Gasteiger partial charge in [0, 0.05) is 39.6 Å². The molecule has 6 nitrogen and oxygen atoms in total. The Balaban J connectivity index is 0.00000341. The van der Waals surface area contributed by atoms with Crippen LogP contribution in [0.25, 0.3) is 0 Å². The molecule has 1 aromatic heterocycles. The van der Waals surface area contributed by atoms with Crippen molar-refractivity contribution in [3.8, 4) is 0 Å². The molecule has 0 radical (unpaired) electrons. The maximum Gasteiger partial charge on any atom is 0.310 e. The molecular weight excluding hydrogens is 408 g/mol. The van der Waals surface area contributed by atoms with Crippen molar-refractivity contribution in [3.05, 3.63) is 77.9 Å². The fraction of sp³-hybridized carbons (Fsp3) is 0.292. The molecule has 3 aromatic rings. The molecule has 0 unspecified atom stereocenters. The number of halogens is 1. The van der Waals surface area contributed by atoms with Crippen LogP contribution in [0.1, 0.15) is 36.7 Å². The molecule has 2 aromatic carbocycles. The van der Waals surface area contributed by atoms with E-state index in [-0.39, 0.29) is 18.3 Å². The summed E-state index contributed by atoms with van der Waals surface area (Å²) in [6, 6.07) is 16.6. The molecule has 0 atom stereocenters. The molecule has 164 valence electrons. The van der Waals surface area contributed by atoms with Gasteiger partial charge in [-0.05, 0) is 35.4 Å². The van der Waals surface area contributed by atoms with Crippen molar-refractivity contribution in [1.82, 2.24) is 4.68 Å². The highest BCUT2D eigenvalue weighted by molar-refractivity contribution is 5.80. The predicted octanol–water partition coefficient (Wildman–Crippen LogP) is 0.799. The van der Waals surface area contributed by atoms with E-state index in [9.17, 15) is 0 Å². The monoisotopic (exact) mass is 438 g/mol. The summed E-state index contributed by atoms with van der Waals surface area (Å²) < 4.78 is 3.77. The lowest BCUT2D eigenvalue weighted by atomic mass is 10.2. The summed E-state index contributed by atoms with van der Waals surface area (Å²) in [5.74, 6) is 1.28. The van der Waals surface area contributed by atoms with Gasteiger partial charge in [0.05, 0.1) is 18.3 Å². The van der Waals surface area contributed by atoms with Crippen LogP contribution >= 0.6 is 0 Å². The third kappa shape index (κ3) is 6.18. The van der Waals surface area contributed by atoms with Gasteiger partial charge < -0.3 is 22.2 Å². The fourth-order valence-corrected chi connectivity index (χ4v) is 3.08. The molecule has 0 fully saturated rings. The van der Waals surface area contributed by atoms with Crippen molar-refractivity contribution in [2.24, 2.45) is 10.2 Å². The second kappa shape index (κ2) is 10.8. The number of hydrogen-bond donors (Lipinski definition) is 0. The van der Waals surface area contributed by atoms with Crippen LogP contribution in [-0.2, 0) is 0 Å². The van der Waals surface area contributed by atoms with E-state index >= 15 is 0 Å². The lowest BCUT2D eigenvalue weighted by Crippen LogP contribution is -3.00. The van der Waals surface area contributed by atoms with E-state index < -0.39 is 0 Å². The summed E-state index contributed by atoms with van der Waals surface area (Å²) in [5, 5.41) is 9.31. The number of benzene rings is 2. The van der Waals surface area contributed by atoms with Crippen molar-refractivity contribution in [2.75, 3.05) is 38.0 Å². The number of aromatic nitrogens is 2. The molecule has 0 saturated heterocycles. The molecule has 3 rings (SSSR count). The second-order valence-electron chi connectivity index (χ2n) is 7.96. The SMILES string of the molecule is CC(C)c1n(/N=C/c2ccc(N(C)C)cc2)cc[n+]1/N=C/c1ccc(N(C)C)cc1.[Cl-]. The van der Waals surface area contributed by atoms with Crippen LogP contribution in [0, 0.1) is 0 Å². The third-order valence-corrected chi connectivity index (χ3v) is 4.82. The Hall–Kier alpha value is -3.12. The number of rotatable bonds is 7. The Morgan fingerprint density at radius 2 is 1.29 bits per heavy atom. The van der Waals surface area contributed by atoms with Gasteiger partial charge in [-0.25, -0.2) is 0 Å². The van der Waals surface area contributed by atoms with E-state index in [1.54, 1.807) is 0 Å². The Bertz CT molecular complexity index is 936. The van der Waals surface area contributed by atoms with Gasteiger partial charge in [-0.1, -0.05) is 48.3 Å². The van der Waals surface area contributed by atoms with Gasteiger partial charge in [0.15, 0.2) is 12.4 Å². The van der Waals surface area contributed by atoms with Gasteiger partial charge in [-0.3, -0.25) is 0 Å². The van der Waals surface area contributed by atoms with Gasteiger partial charge in [0.25, 0.3) is 0 Å². The van der Waals surface area contributed by atoms with Crippen molar-refractivity contribution in [3.63, 3.8) is 0 Å². The highest BCUT2D eigenvalue weighted by Crippen LogP contribution is 2.13. The first-order chi connectivity index (χ1) is 14.3. The van der Waals surface area contributed by atoms with E-state index in [1.165, 1.54) is 11.4 Å².